The molecule has 0 saturated heterocycles. The zero-order valence-corrected chi connectivity index (χ0v) is 7.91. The third-order valence-electron chi connectivity index (χ3n) is 1.43. The lowest BCUT2D eigenvalue weighted by Crippen LogP contribution is -1.75. The Morgan fingerprint density at radius 1 is 1.58 bits per heavy atom. The van der Waals surface area contributed by atoms with Gasteiger partial charge in [-0.2, -0.15) is 4.99 Å². The fraction of sp³-hybridized carbons (Fsp3) is 0.125. The lowest BCUT2D eigenvalue weighted by molar-refractivity contribution is 0.471. The largest absolute Gasteiger partial charge is 0.508 e. The summed E-state index contributed by atoms with van der Waals surface area (Å²) in [6, 6.07) is 3.08. The molecule has 0 amide bonds. The van der Waals surface area contributed by atoms with Crippen LogP contribution in [0.3, 0.4) is 0 Å². The predicted octanol–water partition coefficient (Wildman–Crippen LogP) is 3.09. The minimum atomic E-state index is 0.156. The van der Waals surface area contributed by atoms with Crippen molar-refractivity contribution in [3.8, 4) is 5.75 Å². The minimum Gasteiger partial charge on any atom is -0.508 e. The number of rotatable bonds is 1. The Kier molecular flexibility index (Phi) is 2.82. The summed E-state index contributed by atoms with van der Waals surface area (Å²) in [5.41, 5.74) is 1.24. The van der Waals surface area contributed by atoms with Crippen LogP contribution in [0.2, 0.25) is 5.02 Å². The van der Waals surface area contributed by atoms with Crippen LogP contribution in [0.1, 0.15) is 5.56 Å². The number of hydrogen-bond donors (Lipinski definition) is 1. The van der Waals surface area contributed by atoms with Gasteiger partial charge in [-0.15, -0.1) is 0 Å². The van der Waals surface area contributed by atoms with Gasteiger partial charge in [0.1, 0.15) is 5.75 Å². The van der Waals surface area contributed by atoms with Crippen molar-refractivity contribution < 1.29 is 5.11 Å². The van der Waals surface area contributed by atoms with Crippen LogP contribution in [0.4, 0.5) is 5.69 Å². The van der Waals surface area contributed by atoms with E-state index in [0.717, 1.165) is 0 Å². The Balaban J connectivity index is 3.32. The van der Waals surface area contributed by atoms with Gasteiger partial charge in [0.25, 0.3) is 0 Å². The molecule has 0 saturated carbocycles. The second-order valence-corrected chi connectivity index (χ2v) is 2.88. The molecule has 0 unspecified atom stereocenters. The third kappa shape index (κ3) is 1.83. The van der Waals surface area contributed by atoms with Gasteiger partial charge in [0.2, 0.25) is 0 Å². The van der Waals surface area contributed by atoms with E-state index in [1.165, 1.54) is 6.07 Å². The van der Waals surface area contributed by atoms with Crippen molar-refractivity contribution in [2.24, 2.45) is 4.99 Å². The Morgan fingerprint density at radius 2 is 2.25 bits per heavy atom. The minimum absolute atomic E-state index is 0.156. The smallest absolute Gasteiger partial charge is 0.120 e. The molecule has 0 atom stereocenters. The second-order valence-electron chi connectivity index (χ2n) is 2.29. The maximum Gasteiger partial charge on any atom is 0.120 e. The number of benzene rings is 1. The van der Waals surface area contributed by atoms with E-state index in [2.05, 4.69) is 22.4 Å². The maximum atomic E-state index is 9.22. The highest BCUT2D eigenvalue weighted by atomic mass is 35.5. The van der Waals surface area contributed by atoms with E-state index >= 15 is 0 Å². The van der Waals surface area contributed by atoms with Crippen molar-refractivity contribution in [3.05, 3.63) is 22.7 Å². The zero-order valence-electron chi connectivity index (χ0n) is 6.34. The molecular weight excluding hydrogens is 194 g/mol. The van der Waals surface area contributed by atoms with E-state index in [1.807, 2.05) is 0 Å². The highest BCUT2D eigenvalue weighted by Crippen LogP contribution is 2.31. The van der Waals surface area contributed by atoms with Crippen molar-refractivity contribution in [2.75, 3.05) is 0 Å². The topological polar surface area (TPSA) is 32.6 Å². The number of nitrogens with zero attached hydrogens (tertiary/aromatic N) is 1. The lowest BCUT2D eigenvalue weighted by Gasteiger charge is -2.00. The Bertz CT molecular complexity index is 358. The van der Waals surface area contributed by atoms with E-state index in [4.69, 9.17) is 11.6 Å². The lowest BCUT2D eigenvalue weighted by atomic mass is 10.2. The molecule has 1 aromatic rings. The van der Waals surface area contributed by atoms with E-state index in [9.17, 15) is 5.11 Å². The molecule has 2 nitrogen and oxygen atoms in total. The highest BCUT2D eigenvalue weighted by Gasteiger charge is 2.02. The summed E-state index contributed by atoms with van der Waals surface area (Å²) >= 11 is 10.2. The van der Waals surface area contributed by atoms with Crippen LogP contribution in [0.25, 0.3) is 0 Å². The molecule has 4 heteroatoms. The number of phenolic OH excluding ortho intramolecular Hbond substituents is 1. The Labute approximate surface area is 80.5 Å². The molecule has 1 rings (SSSR count). The number of aliphatic imine (C=N–C) groups is 1. The second kappa shape index (κ2) is 3.68. The van der Waals surface area contributed by atoms with Gasteiger partial charge in [0, 0.05) is 6.07 Å². The Hall–Kier alpha value is -0.890. The number of phenols is 1. The van der Waals surface area contributed by atoms with Gasteiger partial charge in [0.05, 0.1) is 15.9 Å². The Morgan fingerprint density at radius 3 is 2.83 bits per heavy atom. The molecule has 0 aliphatic rings. The molecule has 0 radical (unpaired) electrons. The zero-order chi connectivity index (χ0) is 9.14. The number of aryl methyl sites for hydroxylation is 1. The first-order chi connectivity index (χ1) is 5.65. The van der Waals surface area contributed by atoms with Gasteiger partial charge in [0.15, 0.2) is 0 Å². The summed E-state index contributed by atoms with van der Waals surface area (Å²) in [6.45, 7) is 1.76. The van der Waals surface area contributed by atoms with Crippen LogP contribution < -0.4 is 0 Å². The maximum absolute atomic E-state index is 9.22. The van der Waals surface area contributed by atoms with Gasteiger partial charge < -0.3 is 5.11 Å². The van der Waals surface area contributed by atoms with E-state index in [1.54, 1.807) is 13.0 Å². The number of isothiocyanates is 1. The number of thiocarbonyl (C=S) groups is 1. The summed E-state index contributed by atoms with van der Waals surface area (Å²) in [7, 11) is 0. The van der Waals surface area contributed by atoms with E-state index in [0.29, 0.717) is 16.3 Å². The monoisotopic (exact) mass is 199 g/mol. The van der Waals surface area contributed by atoms with E-state index in [-0.39, 0.29) is 5.75 Å². The SMILES string of the molecule is Cc1cc(N=C=S)c(Cl)cc1O. The first kappa shape index (κ1) is 9.20. The normalized spacial score (nSPS) is 9.17. The highest BCUT2D eigenvalue weighted by molar-refractivity contribution is 7.78. The van der Waals surface area contributed by atoms with Crippen molar-refractivity contribution in [2.45, 2.75) is 6.92 Å². The molecule has 1 aromatic carbocycles. The molecule has 0 fully saturated rings. The van der Waals surface area contributed by atoms with Crippen LogP contribution in [0.5, 0.6) is 5.75 Å². The van der Waals surface area contributed by atoms with Gasteiger partial charge in [-0.1, -0.05) is 11.6 Å². The number of hydrogen-bond acceptors (Lipinski definition) is 3. The summed E-state index contributed by atoms with van der Waals surface area (Å²) in [4.78, 5) is 3.73. The molecular formula is C8H6ClNOS. The van der Waals surface area contributed by atoms with Crippen molar-refractivity contribution in [1.82, 2.24) is 0 Å². The summed E-state index contributed by atoms with van der Waals surface area (Å²) < 4.78 is 0. The molecule has 0 bridgehead atoms. The average Bonchev–Trinajstić information content (AvgIpc) is 2.01. The molecule has 0 heterocycles. The van der Waals surface area contributed by atoms with Crippen molar-refractivity contribution in [1.29, 1.82) is 0 Å². The van der Waals surface area contributed by atoms with Crippen LogP contribution in [0, 0.1) is 6.92 Å². The first-order valence-corrected chi connectivity index (χ1v) is 4.00. The molecule has 0 aliphatic carbocycles. The molecule has 0 aliphatic heterocycles. The molecule has 1 N–H and O–H groups in total. The molecule has 0 spiro atoms. The van der Waals surface area contributed by atoms with Gasteiger partial charge in [-0.3, -0.25) is 0 Å². The standard InChI is InChI=1S/C8H6ClNOS/c1-5-2-7(10-4-12)6(9)3-8(5)11/h2-3,11H,1H3. The number of aromatic hydroxyl groups is 1. The van der Waals surface area contributed by atoms with Crippen LogP contribution in [-0.4, -0.2) is 10.3 Å². The summed E-state index contributed by atoms with van der Waals surface area (Å²) in [6.07, 6.45) is 0. The van der Waals surface area contributed by atoms with Crippen LogP contribution >= 0.6 is 23.8 Å². The molecule has 0 aromatic heterocycles. The third-order valence-corrected chi connectivity index (χ3v) is 1.83. The van der Waals surface area contributed by atoms with Gasteiger partial charge in [-0.05, 0) is 30.8 Å². The van der Waals surface area contributed by atoms with Crippen LogP contribution in [0.15, 0.2) is 17.1 Å². The van der Waals surface area contributed by atoms with Crippen LogP contribution in [-0.2, 0) is 0 Å². The molecule has 62 valence electrons. The fourth-order valence-electron chi connectivity index (χ4n) is 0.791. The van der Waals surface area contributed by atoms with Crippen molar-refractivity contribution in [3.63, 3.8) is 0 Å². The predicted molar refractivity (Wildman–Crippen MR) is 52.5 cm³/mol. The van der Waals surface area contributed by atoms with Gasteiger partial charge >= 0.3 is 0 Å². The first-order valence-electron chi connectivity index (χ1n) is 3.22. The fourth-order valence-corrected chi connectivity index (χ4v) is 1.09. The summed E-state index contributed by atoms with van der Waals surface area (Å²) in [5, 5.41) is 11.8. The summed E-state index contributed by atoms with van der Waals surface area (Å²) in [5.74, 6) is 0.156. The van der Waals surface area contributed by atoms with Crippen molar-refractivity contribution >= 4 is 34.7 Å². The van der Waals surface area contributed by atoms with E-state index < -0.39 is 0 Å². The number of halogens is 1. The average molecular weight is 200 g/mol. The van der Waals surface area contributed by atoms with Gasteiger partial charge in [-0.25, -0.2) is 0 Å². The molecule has 12 heavy (non-hydrogen) atoms. The quantitative estimate of drug-likeness (QED) is 0.557.